The fourth-order valence-electron chi connectivity index (χ4n) is 3.08. The highest BCUT2D eigenvalue weighted by Crippen LogP contribution is 2.54. The van der Waals surface area contributed by atoms with Crippen molar-refractivity contribution in [2.24, 2.45) is 5.73 Å². The van der Waals surface area contributed by atoms with Gasteiger partial charge in [0.25, 0.3) is 0 Å². The van der Waals surface area contributed by atoms with E-state index in [0.717, 1.165) is 11.3 Å². The minimum atomic E-state index is -0.663. The minimum Gasteiger partial charge on any atom is -0.369 e. The summed E-state index contributed by atoms with van der Waals surface area (Å²) < 4.78 is 7.45. The predicted octanol–water partition coefficient (Wildman–Crippen LogP) is 0.535. The van der Waals surface area contributed by atoms with Gasteiger partial charge in [-0.1, -0.05) is 0 Å². The Kier molecular flexibility index (Phi) is 2.04. The molecule has 2 N–H and O–H groups in total. The highest BCUT2D eigenvalue weighted by molar-refractivity contribution is 6.22. The molecule has 7 heteroatoms. The van der Waals surface area contributed by atoms with Crippen LogP contribution < -0.4 is 5.73 Å². The summed E-state index contributed by atoms with van der Waals surface area (Å²) in [5.74, 6) is -0.802. The van der Waals surface area contributed by atoms with Crippen LogP contribution in [0.2, 0.25) is 0 Å². The number of nitrogens with two attached hydrogens (primary N) is 1. The van der Waals surface area contributed by atoms with Crippen molar-refractivity contribution >= 4 is 23.2 Å². The quantitative estimate of drug-likeness (QED) is 0.772. The predicted molar refractivity (Wildman–Crippen MR) is 66.8 cm³/mol. The van der Waals surface area contributed by atoms with Crippen LogP contribution >= 0.6 is 11.6 Å². The van der Waals surface area contributed by atoms with Gasteiger partial charge in [-0.25, -0.2) is 9.50 Å². The molecular formula is C12H11ClN4O2. The van der Waals surface area contributed by atoms with E-state index in [-0.39, 0.29) is 11.3 Å². The van der Waals surface area contributed by atoms with Crippen LogP contribution in [0, 0.1) is 0 Å². The Morgan fingerprint density at radius 1 is 1.63 bits per heavy atom. The van der Waals surface area contributed by atoms with E-state index >= 15 is 0 Å². The summed E-state index contributed by atoms with van der Waals surface area (Å²) in [4.78, 5) is 15.9. The third-order valence-electron chi connectivity index (χ3n) is 4.06. The molecule has 0 bridgehead atoms. The lowest BCUT2D eigenvalue weighted by Gasteiger charge is -2.44. The van der Waals surface area contributed by atoms with Crippen molar-refractivity contribution in [2.45, 2.75) is 23.3 Å². The van der Waals surface area contributed by atoms with E-state index in [9.17, 15) is 4.79 Å². The number of fused-ring (bicyclic) bond motifs is 4. The lowest BCUT2D eigenvalue weighted by molar-refractivity contribution is -0.154. The molecule has 2 aromatic heterocycles. The molecule has 6 nitrogen and oxygen atoms in total. The molecule has 4 rings (SSSR count). The van der Waals surface area contributed by atoms with Gasteiger partial charge in [-0.3, -0.25) is 4.79 Å². The van der Waals surface area contributed by atoms with Crippen molar-refractivity contribution in [3.05, 3.63) is 29.7 Å². The number of halogens is 1. The molecule has 1 fully saturated rings. The zero-order chi connectivity index (χ0) is 13.2. The Morgan fingerprint density at radius 2 is 2.47 bits per heavy atom. The third-order valence-corrected chi connectivity index (χ3v) is 4.54. The van der Waals surface area contributed by atoms with Gasteiger partial charge in [-0.2, -0.15) is 5.10 Å². The van der Waals surface area contributed by atoms with Gasteiger partial charge in [0.1, 0.15) is 5.60 Å². The number of nitrogens with zero attached hydrogens (tertiary/aromatic N) is 3. The largest absolute Gasteiger partial charge is 0.369 e. The second kappa shape index (κ2) is 3.46. The summed E-state index contributed by atoms with van der Waals surface area (Å²) in [6, 6.07) is 1.80. The SMILES string of the molecule is NC(=O)C1CC2(OCC2Cl)c2c1cnc1ccnn21. The average Bonchev–Trinajstić information content (AvgIpc) is 2.98. The number of ether oxygens (including phenoxy) is 1. The van der Waals surface area contributed by atoms with Gasteiger partial charge in [0.15, 0.2) is 5.65 Å². The van der Waals surface area contributed by atoms with E-state index < -0.39 is 11.5 Å². The Hall–Kier alpha value is -1.66. The molecule has 2 aliphatic rings. The first-order chi connectivity index (χ1) is 9.13. The lowest BCUT2D eigenvalue weighted by atomic mass is 9.89. The van der Waals surface area contributed by atoms with Crippen molar-refractivity contribution in [2.75, 3.05) is 6.61 Å². The van der Waals surface area contributed by atoms with E-state index in [1.807, 2.05) is 0 Å². The zero-order valence-electron chi connectivity index (χ0n) is 9.91. The number of aromatic nitrogens is 3. The van der Waals surface area contributed by atoms with Crippen molar-refractivity contribution in [3.8, 4) is 0 Å². The van der Waals surface area contributed by atoms with Gasteiger partial charge >= 0.3 is 0 Å². The van der Waals surface area contributed by atoms with Gasteiger partial charge < -0.3 is 10.5 Å². The van der Waals surface area contributed by atoms with E-state index in [4.69, 9.17) is 22.1 Å². The fraction of sp³-hybridized carbons (Fsp3) is 0.417. The molecule has 3 atom stereocenters. The average molecular weight is 279 g/mol. The van der Waals surface area contributed by atoms with E-state index in [1.54, 1.807) is 23.0 Å². The molecule has 1 spiro atoms. The van der Waals surface area contributed by atoms with Gasteiger partial charge in [0.05, 0.1) is 29.8 Å². The molecule has 19 heavy (non-hydrogen) atoms. The Bertz CT molecular complexity index is 700. The van der Waals surface area contributed by atoms with Gasteiger partial charge in [-0.15, -0.1) is 11.6 Å². The second-order valence-electron chi connectivity index (χ2n) is 4.99. The number of hydrogen-bond donors (Lipinski definition) is 1. The second-order valence-corrected chi connectivity index (χ2v) is 5.52. The van der Waals surface area contributed by atoms with Gasteiger partial charge in [-0.05, 0) is 6.42 Å². The maximum atomic E-state index is 11.6. The maximum Gasteiger partial charge on any atom is 0.225 e. The van der Waals surface area contributed by atoms with Crippen LogP contribution in [-0.4, -0.2) is 32.5 Å². The number of primary amides is 1. The van der Waals surface area contributed by atoms with E-state index in [1.165, 1.54) is 0 Å². The Balaban J connectivity index is 2.03. The first-order valence-corrected chi connectivity index (χ1v) is 6.47. The van der Waals surface area contributed by atoms with Crippen LogP contribution in [0.5, 0.6) is 0 Å². The smallest absolute Gasteiger partial charge is 0.225 e. The highest BCUT2D eigenvalue weighted by atomic mass is 35.5. The van der Waals surface area contributed by atoms with Crippen LogP contribution in [-0.2, 0) is 15.1 Å². The van der Waals surface area contributed by atoms with E-state index in [2.05, 4.69) is 10.1 Å². The van der Waals surface area contributed by atoms with Crippen LogP contribution in [0.25, 0.3) is 5.65 Å². The molecule has 98 valence electrons. The molecule has 3 unspecified atom stereocenters. The molecule has 0 saturated carbocycles. The molecule has 0 aromatic carbocycles. The number of rotatable bonds is 1. The summed E-state index contributed by atoms with van der Waals surface area (Å²) >= 11 is 6.34. The summed E-state index contributed by atoms with van der Waals surface area (Å²) in [5.41, 5.74) is 7.12. The van der Waals surface area contributed by atoms with Crippen molar-refractivity contribution < 1.29 is 9.53 Å². The summed E-state index contributed by atoms with van der Waals surface area (Å²) in [7, 11) is 0. The van der Waals surface area contributed by atoms with Gasteiger partial charge in [0.2, 0.25) is 5.91 Å². The van der Waals surface area contributed by atoms with Crippen molar-refractivity contribution in [3.63, 3.8) is 0 Å². The fourth-order valence-corrected chi connectivity index (χ4v) is 3.40. The number of carbonyl (C=O) groups is 1. The molecule has 0 radical (unpaired) electrons. The first-order valence-electron chi connectivity index (χ1n) is 6.04. The number of hydrogen-bond acceptors (Lipinski definition) is 4. The molecule has 1 saturated heterocycles. The standard InChI is InChI=1S/C12H11ClN4O2/c13-8-5-19-12(8)3-6(11(14)18)7-4-15-9-1-2-16-17(9)10(7)12/h1-2,4,6,8H,3,5H2,(H2,14,18). The number of amides is 1. The first kappa shape index (κ1) is 11.2. The molecule has 1 amide bonds. The maximum absolute atomic E-state index is 11.6. The zero-order valence-corrected chi connectivity index (χ0v) is 10.7. The highest BCUT2D eigenvalue weighted by Gasteiger charge is 2.58. The van der Waals surface area contributed by atoms with Crippen molar-refractivity contribution in [1.29, 1.82) is 0 Å². The molecule has 3 heterocycles. The van der Waals surface area contributed by atoms with E-state index in [0.29, 0.717) is 18.7 Å². The lowest BCUT2D eigenvalue weighted by Crippen LogP contribution is -2.52. The summed E-state index contributed by atoms with van der Waals surface area (Å²) in [5, 5.41) is 4.08. The molecule has 1 aliphatic heterocycles. The van der Waals surface area contributed by atoms with Gasteiger partial charge in [0, 0.05) is 17.8 Å². The molecule has 1 aliphatic carbocycles. The topological polar surface area (TPSA) is 82.5 Å². The summed E-state index contributed by atoms with van der Waals surface area (Å²) in [6.45, 7) is 0.470. The molecule has 2 aromatic rings. The monoisotopic (exact) mass is 278 g/mol. The van der Waals surface area contributed by atoms with Crippen LogP contribution in [0.3, 0.4) is 0 Å². The van der Waals surface area contributed by atoms with Crippen LogP contribution in [0.4, 0.5) is 0 Å². The Morgan fingerprint density at radius 3 is 3.11 bits per heavy atom. The van der Waals surface area contributed by atoms with Crippen LogP contribution in [0.1, 0.15) is 23.6 Å². The summed E-state index contributed by atoms with van der Waals surface area (Å²) in [6.07, 6.45) is 3.81. The Labute approximate surface area is 113 Å². The number of carbonyl (C=O) groups excluding carboxylic acids is 1. The minimum absolute atomic E-state index is 0.176. The van der Waals surface area contributed by atoms with Crippen LogP contribution in [0.15, 0.2) is 18.5 Å². The van der Waals surface area contributed by atoms with Crippen molar-refractivity contribution in [1.82, 2.24) is 14.6 Å². The third kappa shape index (κ3) is 1.23. The normalized spacial score (nSPS) is 32.5. The molecular weight excluding hydrogens is 268 g/mol. The number of alkyl halides is 1.